The highest BCUT2D eigenvalue weighted by Gasteiger charge is 2.25. The first-order chi connectivity index (χ1) is 16.8. The van der Waals surface area contributed by atoms with Gasteiger partial charge < -0.3 is 34.9 Å². The number of hydrogen-bond acceptors (Lipinski definition) is 6. The van der Waals surface area contributed by atoms with Gasteiger partial charge in [-0.1, -0.05) is 12.1 Å². The van der Waals surface area contributed by atoms with Crippen LogP contribution in [0.4, 0.5) is 0 Å². The number of nitrogens with one attached hydrogen (secondary N) is 2. The Morgan fingerprint density at radius 2 is 1.77 bits per heavy atom. The number of aliphatic carboxylic acids is 1. The van der Waals surface area contributed by atoms with E-state index in [4.69, 9.17) is 30.8 Å². The number of fused-ring (bicyclic) bond motifs is 1. The van der Waals surface area contributed by atoms with E-state index in [0.29, 0.717) is 48.3 Å². The monoisotopic (exact) mass is 481 g/mol. The van der Waals surface area contributed by atoms with Crippen LogP contribution in [-0.4, -0.2) is 65.0 Å². The van der Waals surface area contributed by atoms with E-state index >= 15 is 0 Å². The third-order valence-electron chi connectivity index (χ3n) is 6.23. The summed E-state index contributed by atoms with van der Waals surface area (Å²) >= 11 is 0. The van der Waals surface area contributed by atoms with Crippen molar-refractivity contribution in [2.45, 2.75) is 38.5 Å². The number of guanidine groups is 1. The number of carboxylic acids is 1. The smallest absolute Gasteiger partial charge is 0.349 e. The normalized spacial score (nSPS) is 16.9. The standard InChI is InChI=1S/C25H31N5O5/c1-16(26)29-10-8-20(9-11-29)34-19-4-2-17(3-5-19)23(24(31)32)35-21-6-7-22-18(14-21)15-30(25(27)28)12-13-33-22/h2-7,14,20,23,26H,8-13,15H2,1H3,(H3,27,28)(H,31,32). The van der Waals surface area contributed by atoms with E-state index in [1.54, 1.807) is 54.3 Å². The van der Waals surface area contributed by atoms with Gasteiger partial charge in [-0.05, 0) is 37.3 Å². The molecule has 2 aromatic carbocycles. The Bertz CT molecular complexity index is 1080. The lowest BCUT2D eigenvalue weighted by Crippen LogP contribution is -2.40. The van der Waals surface area contributed by atoms with Gasteiger partial charge >= 0.3 is 5.97 Å². The maximum atomic E-state index is 12.0. The molecule has 186 valence electrons. The Morgan fingerprint density at radius 3 is 2.40 bits per heavy atom. The highest BCUT2D eigenvalue weighted by molar-refractivity contribution is 5.76. The molecule has 0 aliphatic carbocycles. The number of rotatable bonds is 6. The molecule has 35 heavy (non-hydrogen) atoms. The van der Waals surface area contributed by atoms with Gasteiger partial charge in [-0.15, -0.1) is 0 Å². The van der Waals surface area contributed by atoms with Crippen LogP contribution in [-0.2, 0) is 11.3 Å². The van der Waals surface area contributed by atoms with Crippen molar-refractivity contribution in [2.75, 3.05) is 26.2 Å². The largest absolute Gasteiger partial charge is 0.491 e. The third kappa shape index (κ3) is 5.95. The van der Waals surface area contributed by atoms with Gasteiger partial charge in [0, 0.05) is 43.6 Å². The number of ether oxygens (including phenoxy) is 3. The quantitative estimate of drug-likeness (QED) is 0.364. The first kappa shape index (κ1) is 24.2. The van der Waals surface area contributed by atoms with E-state index in [-0.39, 0.29) is 12.1 Å². The van der Waals surface area contributed by atoms with Crippen LogP contribution in [0.15, 0.2) is 42.5 Å². The molecule has 2 aromatic rings. The van der Waals surface area contributed by atoms with Crippen molar-refractivity contribution in [1.29, 1.82) is 10.8 Å². The zero-order valence-corrected chi connectivity index (χ0v) is 19.7. The maximum absolute atomic E-state index is 12.0. The van der Waals surface area contributed by atoms with Crippen molar-refractivity contribution < 1.29 is 24.1 Å². The minimum Gasteiger partial charge on any atom is -0.491 e. The summed E-state index contributed by atoms with van der Waals surface area (Å²) in [5.41, 5.74) is 6.91. The second kappa shape index (κ2) is 10.5. The van der Waals surface area contributed by atoms with Gasteiger partial charge in [0.2, 0.25) is 6.10 Å². The van der Waals surface area contributed by atoms with Gasteiger partial charge in [0.25, 0.3) is 0 Å². The van der Waals surface area contributed by atoms with E-state index in [2.05, 4.69) is 0 Å². The molecule has 0 spiro atoms. The predicted molar refractivity (Wildman–Crippen MR) is 130 cm³/mol. The molecule has 0 radical (unpaired) electrons. The molecule has 1 atom stereocenters. The number of benzene rings is 2. The molecular weight excluding hydrogens is 450 g/mol. The molecule has 2 heterocycles. The number of amidine groups is 1. The van der Waals surface area contributed by atoms with Crippen molar-refractivity contribution in [2.24, 2.45) is 5.73 Å². The highest BCUT2D eigenvalue weighted by atomic mass is 16.5. The van der Waals surface area contributed by atoms with Crippen LogP contribution in [0, 0.1) is 10.8 Å². The molecule has 4 rings (SSSR count). The zero-order valence-electron chi connectivity index (χ0n) is 19.7. The van der Waals surface area contributed by atoms with Crippen LogP contribution in [0.2, 0.25) is 0 Å². The van der Waals surface area contributed by atoms with Crippen molar-refractivity contribution in [3.8, 4) is 17.2 Å². The number of piperidine rings is 1. The van der Waals surface area contributed by atoms with Crippen molar-refractivity contribution in [3.05, 3.63) is 53.6 Å². The summed E-state index contributed by atoms with van der Waals surface area (Å²) in [6.45, 7) is 4.66. The lowest BCUT2D eigenvalue weighted by molar-refractivity contribution is -0.145. The zero-order chi connectivity index (χ0) is 24.9. The number of carbonyl (C=O) groups is 1. The lowest BCUT2D eigenvalue weighted by Gasteiger charge is -2.32. The minimum absolute atomic E-state index is 0.0473. The van der Waals surface area contributed by atoms with E-state index in [9.17, 15) is 9.90 Å². The second-order valence-corrected chi connectivity index (χ2v) is 8.72. The van der Waals surface area contributed by atoms with Crippen LogP contribution in [0.3, 0.4) is 0 Å². The van der Waals surface area contributed by atoms with Crippen molar-refractivity contribution in [3.63, 3.8) is 0 Å². The van der Waals surface area contributed by atoms with Crippen LogP contribution < -0.4 is 19.9 Å². The number of carboxylic acid groups (broad SMARTS) is 1. The van der Waals surface area contributed by atoms with Crippen LogP contribution in [0.5, 0.6) is 17.2 Å². The minimum atomic E-state index is -1.20. The van der Waals surface area contributed by atoms with Gasteiger partial charge in [0.15, 0.2) is 5.96 Å². The first-order valence-electron chi connectivity index (χ1n) is 11.6. The summed E-state index contributed by atoms with van der Waals surface area (Å²) in [6.07, 6.45) is 0.542. The highest BCUT2D eigenvalue weighted by Crippen LogP contribution is 2.31. The fourth-order valence-electron chi connectivity index (χ4n) is 4.27. The Morgan fingerprint density at radius 1 is 1.09 bits per heavy atom. The third-order valence-corrected chi connectivity index (χ3v) is 6.23. The number of likely N-dealkylation sites (tertiary alicyclic amines) is 1. The molecule has 1 fully saturated rings. The Labute approximate surface area is 204 Å². The second-order valence-electron chi connectivity index (χ2n) is 8.72. The fraction of sp³-hybridized carbons (Fsp3) is 0.400. The topological polar surface area (TPSA) is 145 Å². The molecule has 10 heteroatoms. The summed E-state index contributed by atoms with van der Waals surface area (Å²) in [5, 5.41) is 25.3. The van der Waals surface area contributed by atoms with Crippen LogP contribution in [0.1, 0.15) is 37.0 Å². The van der Waals surface area contributed by atoms with Gasteiger partial charge in [0.1, 0.15) is 30.0 Å². The maximum Gasteiger partial charge on any atom is 0.349 e. The average molecular weight is 482 g/mol. The van der Waals surface area contributed by atoms with E-state index in [1.165, 1.54) is 0 Å². The van der Waals surface area contributed by atoms with Crippen molar-refractivity contribution in [1.82, 2.24) is 9.80 Å². The van der Waals surface area contributed by atoms with E-state index in [0.717, 1.165) is 31.5 Å². The summed E-state index contributed by atoms with van der Waals surface area (Å²) in [5.74, 6) is 1.15. The molecule has 0 amide bonds. The van der Waals surface area contributed by atoms with E-state index in [1.807, 2.05) is 4.90 Å². The first-order valence-corrected chi connectivity index (χ1v) is 11.6. The molecule has 5 N–H and O–H groups in total. The molecule has 2 aliphatic heterocycles. The van der Waals surface area contributed by atoms with Crippen molar-refractivity contribution >= 4 is 17.8 Å². The number of hydrogen-bond donors (Lipinski definition) is 4. The summed E-state index contributed by atoms with van der Waals surface area (Å²) in [6, 6.07) is 12.1. The molecule has 2 aliphatic rings. The van der Waals surface area contributed by atoms with Crippen LogP contribution >= 0.6 is 0 Å². The molecule has 10 nitrogen and oxygen atoms in total. The molecule has 0 saturated carbocycles. The predicted octanol–water partition coefficient (Wildman–Crippen LogP) is 2.82. The summed E-state index contributed by atoms with van der Waals surface area (Å²) in [7, 11) is 0. The summed E-state index contributed by atoms with van der Waals surface area (Å²) < 4.78 is 17.7. The Balaban J connectivity index is 1.43. The molecule has 1 saturated heterocycles. The number of nitrogens with zero attached hydrogens (tertiary/aromatic N) is 2. The van der Waals surface area contributed by atoms with Gasteiger partial charge in [-0.25, -0.2) is 4.79 Å². The van der Waals surface area contributed by atoms with Crippen LogP contribution in [0.25, 0.3) is 0 Å². The average Bonchev–Trinajstić information content (AvgIpc) is 3.06. The van der Waals surface area contributed by atoms with Gasteiger partial charge in [-0.2, -0.15) is 0 Å². The van der Waals surface area contributed by atoms with Gasteiger partial charge in [-0.3, -0.25) is 10.8 Å². The molecule has 0 aromatic heterocycles. The SMILES string of the molecule is CC(=N)N1CCC(Oc2ccc(C(Oc3ccc4c(c3)CN(C(=N)N)CCO4)C(=O)O)cc2)CC1. The summed E-state index contributed by atoms with van der Waals surface area (Å²) in [4.78, 5) is 15.7. The molecule has 0 bridgehead atoms. The molecular formula is C25H31N5O5. The van der Waals surface area contributed by atoms with Gasteiger partial charge in [0.05, 0.1) is 12.4 Å². The Hall–Kier alpha value is -3.95. The lowest BCUT2D eigenvalue weighted by atomic mass is 10.1. The van der Waals surface area contributed by atoms with E-state index < -0.39 is 12.1 Å². The Kier molecular flexibility index (Phi) is 7.28. The molecule has 1 unspecified atom stereocenters. The fourth-order valence-corrected chi connectivity index (χ4v) is 4.27. The number of nitrogens with two attached hydrogens (primary N) is 1.